The Morgan fingerprint density at radius 3 is 1.39 bits per heavy atom. The molecule has 0 fully saturated rings. The highest BCUT2D eigenvalue weighted by Crippen LogP contribution is 2.43. The van der Waals surface area contributed by atoms with Gasteiger partial charge in [-0.3, -0.25) is 18.6 Å². The second-order valence-electron chi connectivity index (χ2n) is 16.3. The van der Waals surface area contributed by atoms with E-state index >= 15 is 0 Å². The van der Waals surface area contributed by atoms with Crippen LogP contribution in [0.15, 0.2) is 48.6 Å². The predicted molar refractivity (Wildman–Crippen MR) is 248 cm³/mol. The van der Waals surface area contributed by atoms with Crippen molar-refractivity contribution in [2.24, 2.45) is 0 Å². The van der Waals surface area contributed by atoms with E-state index in [4.69, 9.17) is 18.5 Å². The zero-order valence-corrected chi connectivity index (χ0v) is 39.3. The Hall–Kier alpha value is -2.03. The fraction of sp³-hybridized carbons (Fsp3) is 0.796. The Kier molecular flexibility index (Phi) is 42.5. The lowest BCUT2D eigenvalue weighted by atomic mass is 10.0. The van der Waals surface area contributed by atoms with Gasteiger partial charge in [0, 0.05) is 19.4 Å². The van der Waals surface area contributed by atoms with Crippen LogP contribution in [0.1, 0.15) is 206 Å². The molecule has 2 unspecified atom stereocenters. The first-order valence-electron chi connectivity index (χ1n) is 23.9. The van der Waals surface area contributed by atoms with Crippen molar-refractivity contribution in [1.82, 2.24) is 4.90 Å². The quantitative estimate of drug-likeness (QED) is 0.0277. The smallest absolute Gasteiger partial charge is 0.462 e. The molecular formula is C49H90NO8P. The molecule has 0 saturated heterocycles. The Morgan fingerprint density at radius 2 is 0.915 bits per heavy atom. The fourth-order valence-electron chi connectivity index (χ4n) is 6.44. The van der Waals surface area contributed by atoms with Crippen molar-refractivity contribution in [2.75, 3.05) is 40.5 Å². The average Bonchev–Trinajstić information content (AvgIpc) is 3.20. The summed E-state index contributed by atoms with van der Waals surface area (Å²) in [6.45, 7) is 4.28. The number of rotatable bonds is 44. The minimum atomic E-state index is -4.37. The Morgan fingerprint density at radius 1 is 0.525 bits per heavy atom. The third-order valence-electron chi connectivity index (χ3n) is 10.1. The van der Waals surface area contributed by atoms with Gasteiger partial charge >= 0.3 is 19.8 Å². The summed E-state index contributed by atoms with van der Waals surface area (Å²) < 4.78 is 33.5. The van der Waals surface area contributed by atoms with Crippen molar-refractivity contribution in [3.05, 3.63) is 48.6 Å². The van der Waals surface area contributed by atoms with Gasteiger partial charge in [0.05, 0.1) is 13.2 Å². The third-order valence-corrected chi connectivity index (χ3v) is 11.1. The normalized spacial score (nSPS) is 13.7. The second kappa shape index (κ2) is 44.0. The van der Waals surface area contributed by atoms with E-state index in [-0.39, 0.29) is 26.1 Å². The number of esters is 2. The highest BCUT2D eigenvalue weighted by atomic mass is 31.2. The number of hydrogen-bond donors (Lipinski definition) is 1. The molecule has 1 N–H and O–H groups in total. The number of allylic oxidation sites excluding steroid dienone is 8. The van der Waals surface area contributed by atoms with Crippen LogP contribution >= 0.6 is 7.82 Å². The number of phosphoric ester groups is 1. The number of carbonyl (C=O) groups is 2. The van der Waals surface area contributed by atoms with E-state index in [0.717, 1.165) is 51.4 Å². The van der Waals surface area contributed by atoms with Crippen molar-refractivity contribution in [1.29, 1.82) is 0 Å². The lowest BCUT2D eigenvalue weighted by molar-refractivity contribution is -0.161. The first kappa shape index (κ1) is 57.0. The van der Waals surface area contributed by atoms with Crippen molar-refractivity contribution in [2.45, 2.75) is 213 Å². The van der Waals surface area contributed by atoms with Crippen LogP contribution in [0.2, 0.25) is 0 Å². The van der Waals surface area contributed by atoms with Crippen LogP contribution in [0.3, 0.4) is 0 Å². The van der Waals surface area contributed by atoms with Crippen molar-refractivity contribution in [3.63, 3.8) is 0 Å². The molecule has 0 saturated carbocycles. The molecule has 0 rings (SSSR count). The molecule has 0 spiro atoms. The number of unbranched alkanes of at least 4 members (excludes halogenated alkanes) is 22. The van der Waals surface area contributed by atoms with Gasteiger partial charge in [-0.2, -0.15) is 0 Å². The number of ether oxygens (including phenoxy) is 2. The molecule has 0 aliphatic carbocycles. The van der Waals surface area contributed by atoms with Gasteiger partial charge in [0.1, 0.15) is 6.61 Å². The van der Waals surface area contributed by atoms with E-state index in [1.165, 1.54) is 116 Å². The minimum Gasteiger partial charge on any atom is -0.462 e. The molecule has 0 aromatic carbocycles. The molecule has 9 nitrogen and oxygen atoms in total. The molecule has 0 aliphatic rings. The van der Waals surface area contributed by atoms with Gasteiger partial charge in [-0.25, -0.2) is 4.57 Å². The van der Waals surface area contributed by atoms with Crippen molar-refractivity contribution >= 4 is 19.8 Å². The van der Waals surface area contributed by atoms with Gasteiger partial charge in [0.25, 0.3) is 0 Å². The summed E-state index contributed by atoms with van der Waals surface area (Å²) in [7, 11) is -0.725. The summed E-state index contributed by atoms with van der Waals surface area (Å²) >= 11 is 0. The molecule has 2 atom stereocenters. The van der Waals surface area contributed by atoms with Crippen LogP contribution < -0.4 is 0 Å². The van der Waals surface area contributed by atoms with E-state index in [1.807, 2.05) is 19.0 Å². The number of nitrogens with zero attached hydrogens (tertiary/aromatic N) is 1. The number of hydrogen-bond acceptors (Lipinski definition) is 8. The SMILES string of the molecule is CCCCC/C=C\C/C=C\C/C=C\C/C=C\CCCCCC(=O)OCC(COP(=O)(O)OCCN(C)C)OC(=O)CCCCCCCCCCCCCCCCCCC. The molecule has 0 aromatic heterocycles. The molecule has 10 heteroatoms. The lowest BCUT2D eigenvalue weighted by Crippen LogP contribution is -2.29. The van der Waals surface area contributed by atoms with E-state index in [9.17, 15) is 19.0 Å². The van der Waals surface area contributed by atoms with E-state index in [0.29, 0.717) is 19.4 Å². The molecule has 0 radical (unpaired) electrons. The molecule has 0 bridgehead atoms. The lowest BCUT2D eigenvalue weighted by Gasteiger charge is -2.20. The molecule has 0 aromatic rings. The zero-order chi connectivity index (χ0) is 43.3. The third kappa shape index (κ3) is 45.3. The number of carbonyl (C=O) groups excluding carboxylic acids is 2. The van der Waals surface area contributed by atoms with E-state index in [1.54, 1.807) is 0 Å². The second-order valence-corrected chi connectivity index (χ2v) is 17.7. The van der Waals surface area contributed by atoms with Crippen LogP contribution in [0.25, 0.3) is 0 Å². The Labute approximate surface area is 362 Å². The van der Waals surface area contributed by atoms with Crippen LogP contribution in [0, 0.1) is 0 Å². The minimum absolute atomic E-state index is 0.00193. The molecule has 0 aliphatic heterocycles. The van der Waals surface area contributed by atoms with Gasteiger partial charge in [-0.1, -0.05) is 184 Å². The molecule has 344 valence electrons. The van der Waals surface area contributed by atoms with Gasteiger partial charge in [-0.15, -0.1) is 0 Å². The largest absolute Gasteiger partial charge is 0.472 e. The first-order chi connectivity index (χ1) is 28.7. The number of likely N-dealkylation sites (N-methyl/N-ethyl adjacent to an activating group) is 1. The van der Waals surface area contributed by atoms with Crippen LogP contribution in [0.4, 0.5) is 0 Å². The fourth-order valence-corrected chi connectivity index (χ4v) is 7.18. The van der Waals surface area contributed by atoms with Gasteiger partial charge in [0.15, 0.2) is 6.10 Å². The zero-order valence-electron chi connectivity index (χ0n) is 38.4. The number of phosphoric acid groups is 1. The molecule has 0 heterocycles. The summed E-state index contributed by atoms with van der Waals surface area (Å²) in [5, 5.41) is 0. The van der Waals surface area contributed by atoms with Crippen LogP contribution in [-0.2, 0) is 32.7 Å². The molecule has 59 heavy (non-hydrogen) atoms. The maximum atomic E-state index is 12.7. The van der Waals surface area contributed by atoms with Crippen molar-refractivity contribution in [3.8, 4) is 0 Å². The summed E-state index contributed by atoms with van der Waals surface area (Å²) in [6.07, 6.45) is 50.1. The Bertz CT molecular complexity index is 1120. The first-order valence-corrected chi connectivity index (χ1v) is 25.4. The summed E-state index contributed by atoms with van der Waals surface area (Å²) in [5.41, 5.74) is 0. The average molecular weight is 852 g/mol. The monoisotopic (exact) mass is 852 g/mol. The maximum absolute atomic E-state index is 12.7. The summed E-state index contributed by atoms with van der Waals surface area (Å²) in [6, 6.07) is 0. The highest BCUT2D eigenvalue weighted by molar-refractivity contribution is 7.47. The summed E-state index contributed by atoms with van der Waals surface area (Å²) in [5.74, 6) is -0.833. The Balaban J connectivity index is 4.29. The van der Waals surface area contributed by atoms with Gasteiger partial charge in [-0.05, 0) is 71.9 Å². The van der Waals surface area contributed by atoms with Crippen molar-refractivity contribution < 1.29 is 37.6 Å². The maximum Gasteiger partial charge on any atom is 0.472 e. The molecular weight excluding hydrogens is 762 g/mol. The van der Waals surface area contributed by atoms with E-state index < -0.39 is 32.5 Å². The van der Waals surface area contributed by atoms with E-state index in [2.05, 4.69) is 62.5 Å². The van der Waals surface area contributed by atoms with Gasteiger partial charge in [0.2, 0.25) is 0 Å². The van der Waals surface area contributed by atoms with Gasteiger partial charge < -0.3 is 19.3 Å². The molecule has 0 amide bonds. The summed E-state index contributed by atoms with van der Waals surface area (Å²) in [4.78, 5) is 37.1. The van der Waals surface area contributed by atoms with Crippen LogP contribution in [-0.4, -0.2) is 68.3 Å². The predicted octanol–water partition coefficient (Wildman–Crippen LogP) is 14.1. The standard InChI is InChI=1S/C49H90NO8P/c1-5-7-9-11-13-15-17-19-21-23-24-26-27-29-31-33-35-37-39-41-48(51)55-45-47(46-57-59(53,54)56-44-43-50(3)4)58-49(52)42-40-38-36-34-32-30-28-25-22-20-18-16-14-12-10-8-6-2/h13,15,19,21,24,26,29,31,47H,5-12,14,16-18,20,22-23,25,27-28,30,32-46H2,1-4H3,(H,53,54)/b15-13-,21-19-,26-24-,31-29-. The van der Waals surface area contributed by atoms with Crippen LogP contribution in [0.5, 0.6) is 0 Å². The topological polar surface area (TPSA) is 112 Å². The highest BCUT2D eigenvalue weighted by Gasteiger charge is 2.26.